The Balaban J connectivity index is 2.08. The highest BCUT2D eigenvalue weighted by atomic mass is 16.5. The van der Waals surface area contributed by atoms with Crippen LogP contribution in [0.1, 0.15) is 20.8 Å². The fourth-order valence-corrected chi connectivity index (χ4v) is 1.39. The first-order chi connectivity index (χ1) is 6.01. The van der Waals surface area contributed by atoms with E-state index in [9.17, 15) is 4.79 Å². The molecule has 1 saturated heterocycles. The number of ether oxygens (including phenoxy) is 1. The van der Waals surface area contributed by atoms with Gasteiger partial charge in [-0.3, -0.25) is 9.69 Å². The quantitative estimate of drug-likeness (QED) is 0.637. The van der Waals surface area contributed by atoms with Crippen LogP contribution >= 0.6 is 0 Å². The van der Waals surface area contributed by atoms with Crippen LogP contribution in [0.25, 0.3) is 0 Å². The molecule has 76 valence electrons. The summed E-state index contributed by atoms with van der Waals surface area (Å²) >= 11 is 0. The van der Waals surface area contributed by atoms with E-state index in [0.717, 1.165) is 19.5 Å². The second-order valence-electron chi connectivity index (χ2n) is 4.37. The minimum atomic E-state index is -0.0607. The van der Waals surface area contributed by atoms with E-state index in [1.54, 1.807) is 0 Å². The Bertz CT molecular complexity index is 171. The molecule has 1 aliphatic heterocycles. The summed E-state index contributed by atoms with van der Waals surface area (Å²) in [7, 11) is 0. The molecule has 4 heteroatoms. The predicted octanol–water partition coefficient (Wildman–Crippen LogP) is 0.189. The number of carbonyl (C=O) groups excluding carboxylic acids is 1. The van der Waals surface area contributed by atoms with Crippen molar-refractivity contribution in [1.29, 1.82) is 0 Å². The fraction of sp³-hybridized carbons (Fsp3) is 0.889. The molecule has 1 aliphatic rings. The number of rotatable bonds is 4. The zero-order chi connectivity index (χ0) is 9.90. The number of hydrogen-bond acceptors (Lipinski definition) is 3. The Morgan fingerprint density at radius 1 is 1.54 bits per heavy atom. The van der Waals surface area contributed by atoms with Crippen LogP contribution in [-0.4, -0.2) is 42.8 Å². The van der Waals surface area contributed by atoms with E-state index >= 15 is 0 Å². The number of carbonyl (C=O) groups is 1. The van der Waals surface area contributed by atoms with Gasteiger partial charge in [-0.15, -0.1) is 0 Å². The van der Waals surface area contributed by atoms with Crippen LogP contribution in [0, 0.1) is 0 Å². The van der Waals surface area contributed by atoms with Gasteiger partial charge < -0.3 is 10.1 Å². The van der Waals surface area contributed by atoms with E-state index < -0.39 is 0 Å². The largest absolute Gasteiger partial charge is 0.370 e. The Morgan fingerprint density at radius 2 is 2.15 bits per heavy atom. The lowest BCUT2D eigenvalue weighted by atomic mass is 10.1. The van der Waals surface area contributed by atoms with Gasteiger partial charge in [-0.05, 0) is 20.8 Å². The predicted molar refractivity (Wildman–Crippen MR) is 50.3 cm³/mol. The molecule has 0 atom stereocenters. The summed E-state index contributed by atoms with van der Waals surface area (Å²) in [6, 6.07) is 0. The minimum Gasteiger partial charge on any atom is -0.370 e. The van der Waals surface area contributed by atoms with Crippen LogP contribution in [0.5, 0.6) is 0 Å². The third-order valence-electron chi connectivity index (χ3n) is 1.84. The molecule has 0 bridgehead atoms. The van der Waals surface area contributed by atoms with Gasteiger partial charge in [0.05, 0.1) is 18.4 Å². The van der Waals surface area contributed by atoms with E-state index in [1.165, 1.54) is 0 Å². The second kappa shape index (κ2) is 4.07. The molecule has 0 radical (unpaired) electrons. The molecule has 0 spiro atoms. The average molecular weight is 186 g/mol. The molecular formula is C9H18N2O2. The minimum absolute atomic E-state index is 0.0607. The van der Waals surface area contributed by atoms with E-state index in [0.29, 0.717) is 12.8 Å². The van der Waals surface area contributed by atoms with E-state index in [1.807, 2.05) is 0 Å². The lowest BCUT2D eigenvalue weighted by molar-refractivity contribution is -0.128. The van der Waals surface area contributed by atoms with Crippen molar-refractivity contribution >= 4 is 6.41 Å². The maximum absolute atomic E-state index is 9.99. The Morgan fingerprint density at radius 3 is 2.62 bits per heavy atom. The van der Waals surface area contributed by atoms with E-state index in [2.05, 4.69) is 31.0 Å². The van der Waals surface area contributed by atoms with Crippen molar-refractivity contribution in [2.75, 3.05) is 19.8 Å². The van der Waals surface area contributed by atoms with Crippen molar-refractivity contribution < 1.29 is 9.53 Å². The number of hydrogen-bond donors (Lipinski definition) is 1. The van der Waals surface area contributed by atoms with Gasteiger partial charge in [0.2, 0.25) is 6.41 Å². The van der Waals surface area contributed by atoms with Crippen molar-refractivity contribution in [2.24, 2.45) is 0 Å². The third kappa shape index (κ3) is 3.74. The first-order valence-corrected chi connectivity index (χ1v) is 4.58. The number of nitrogens with zero attached hydrogens (tertiary/aromatic N) is 1. The Kier molecular flexibility index (Phi) is 3.27. The normalized spacial score (nSPS) is 19.6. The van der Waals surface area contributed by atoms with Crippen LogP contribution < -0.4 is 5.32 Å². The zero-order valence-electron chi connectivity index (χ0n) is 8.54. The van der Waals surface area contributed by atoms with Crippen molar-refractivity contribution in [3.8, 4) is 0 Å². The molecule has 4 nitrogen and oxygen atoms in total. The van der Waals surface area contributed by atoms with Crippen molar-refractivity contribution in [3.05, 3.63) is 0 Å². The topological polar surface area (TPSA) is 41.6 Å². The van der Waals surface area contributed by atoms with Gasteiger partial charge in [-0.25, -0.2) is 0 Å². The molecule has 1 rings (SSSR count). The van der Waals surface area contributed by atoms with Crippen LogP contribution in [0.2, 0.25) is 0 Å². The summed E-state index contributed by atoms with van der Waals surface area (Å²) in [5, 5.41) is 2.62. The molecule has 0 aromatic heterocycles. The van der Waals surface area contributed by atoms with Crippen LogP contribution in [0.3, 0.4) is 0 Å². The molecule has 0 aromatic carbocycles. The van der Waals surface area contributed by atoms with Gasteiger partial charge in [0.1, 0.15) is 0 Å². The molecule has 1 heterocycles. The van der Waals surface area contributed by atoms with Crippen molar-refractivity contribution in [2.45, 2.75) is 32.5 Å². The SMILES string of the molecule is CC(C)(C)OC1CN(CNC=O)C1. The summed E-state index contributed by atoms with van der Waals surface area (Å²) in [4.78, 5) is 12.1. The second-order valence-corrected chi connectivity index (χ2v) is 4.37. The summed E-state index contributed by atoms with van der Waals surface area (Å²) in [6.45, 7) is 8.63. The molecule has 1 fully saturated rings. The highest BCUT2D eigenvalue weighted by molar-refractivity contribution is 5.45. The molecule has 0 saturated carbocycles. The third-order valence-corrected chi connectivity index (χ3v) is 1.84. The summed E-state index contributed by atoms with van der Waals surface area (Å²) in [5.74, 6) is 0. The molecule has 1 amide bonds. The molecule has 1 N–H and O–H groups in total. The van der Waals surface area contributed by atoms with Crippen LogP contribution in [0.4, 0.5) is 0 Å². The molecular weight excluding hydrogens is 168 g/mol. The monoisotopic (exact) mass is 186 g/mol. The van der Waals surface area contributed by atoms with E-state index in [4.69, 9.17) is 4.74 Å². The number of likely N-dealkylation sites (tertiary alicyclic amines) is 1. The molecule has 13 heavy (non-hydrogen) atoms. The molecule has 0 aromatic rings. The Hall–Kier alpha value is -0.610. The fourth-order valence-electron chi connectivity index (χ4n) is 1.39. The van der Waals surface area contributed by atoms with Gasteiger partial charge in [0.15, 0.2) is 0 Å². The van der Waals surface area contributed by atoms with E-state index in [-0.39, 0.29) is 5.60 Å². The van der Waals surface area contributed by atoms with Crippen molar-refractivity contribution in [3.63, 3.8) is 0 Å². The lowest BCUT2D eigenvalue weighted by Crippen LogP contribution is -2.56. The van der Waals surface area contributed by atoms with Crippen LogP contribution in [0.15, 0.2) is 0 Å². The molecule has 0 aliphatic carbocycles. The highest BCUT2D eigenvalue weighted by Crippen LogP contribution is 2.17. The van der Waals surface area contributed by atoms with Gasteiger partial charge >= 0.3 is 0 Å². The smallest absolute Gasteiger partial charge is 0.208 e. The van der Waals surface area contributed by atoms with Gasteiger partial charge in [0.25, 0.3) is 0 Å². The first kappa shape index (κ1) is 10.5. The molecule has 0 unspecified atom stereocenters. The Labute approximate surface area is 79.2 Å². The summed E-state index contributed by atoms with van der Waals surface area (Å²) in [5.41, 5.74) is -0.0607. The average Bonchev–Trinajstić information content (AvgIpc) is 1.91. The maximum Gasteiger partial charge on any atom is 0.208 e. The lowest BCUT2D eigenvalue weighted by Gasteiger charge is -2.41. The van der Waals surface area contributed by atoms with Gasteiger partial charge in [-0.2, -0.15) is 0 Å². The standard InChI is InChI=1S/C9H18N2O2/c1-9(2,3)13-8-4-11(5-8)6-10-7-12/h7-8H,4-6H2,1-3H3,(H,10,12). The first-order valence-electron chi connectivity index (χ1n) is 4.58. The zero-order valence-corrected chi connectivity index (χ0v) is 8.54. The van der Waals surface area contributed by atoms with Gasteiger partial charge in [-0.1, -0.05) is 0 Å². The highest BCUT2D eigenvalue weighted by Gasteiger charge is 2.30. The number of amides is 1. The number of nitrogens with one attached hydrogen (secondary N) is 1. The van der Waals surface area contributed by atoms with Crippen LogP contribution in [-0.2, 0) is 9.53 Å². The summed E-state index contributed by atoms with van der Waals surface area (Å²) < 4.78 is 5.73. The maximum atomic E-state index is 9.99. The summed E-state index contributed by atoms with van der Waals surface area (Å²) in [6.07, 6.45) is 1.05. The van der Waals surface area contributed by atoms with Crippen molar-refractivity contribution in [1.82, 2.24) is 10.2 Å². The van der Waals surface area contributed by atoms with Gasteiger partial charge in [0, 0.05) is 13.1 Å².